The van der Waals surface area contributed by atoms with E-state index in [0.717, 1.165) is 13.1 Å². The molecular formula is C10H16N2S. The second kappa shape index (κ2) is 3.40. The number of nitrogens with zero attached hydrogens (tertiary/aromatic N) is 1. The summed E-state index contributed by atoms with van der Waals surface area (Å²) in [6.07, 6.45) is 1.21. The molecule has 0 amide bonds. The van der Waals surface area contributed by atoms with Crippen molar-refractivity contribution >= 4 is 11.3 Å². The third-order valence-corrected chi connectivity index (χ3v) is 4.10. The van der Waals surface area contributed by atoms with E-state index in [9.17, 15) is 0 Å². The first-order chi connectivity index (χ1) is 6.27. The SMILES string of the molecule is CN1CCC(CN)(c2cccs2)C1. The summed E-state index contributed by atoms with van der Waals surface area (Å²) in [4.78, 5) is 3.83. The molecule has 1 aliphatic rings. The van der Waals surface area contributed by atoms with Gasteiger partial charge in [0.1, 0.15) is 0 Å². The highest BCUT2D eigenvalue weighted by molar-refractivity contribution is 7.10. The first kappa shape index (κ1) is 9.19. The Balaban J connectivity index is 2.26. The highest BCUT2D eigenvalue weighted by Crippen LogP contribution is 2.35. The van der Waals surface area contributed by atoms with Crippen LogP contribution in [0.3, 0.4) is 0 Å². The summed E-state index contributed by atoms with van der Waals surface area (Å²) in [7, 11) is 2.17. The summed E-state index contributed by atoms with van der Waals surface area (Å²) in [5, 5.41) is 2.14. The van der Waals surface area contributed by atoms with Gasteiger partial charge in [-0.3, -0.25) is 0 Å². The lowest BCUT2D eigenvalue weighted by atomic mass is 9.85. The fourth-order valence-electron chi connectivity index (χ4n) is 2.13. The van der Waals surface area contributed by atoms with Crippen molar-refractivity contribution in [3.05, 3.63) is 22.4 Å². The smallest absolute Gasteiger partial charge is 0.0308 e. The number of likely N-dealkylation sites (N-methyl/N-ethyl adjacent to an activating group) is 1. The Bertz CT molecular complexity index is 270. The molecule has 0 spiro atoms. The Kier molecular flexibility index (Phi) is 2.41. The standard InChI is InChI=1S/C10H16N2S/c1-12-5-4-10(7-11,8-12)9-3-2-6-13-9/h2-3,6H,4-5,7-8,11H2,1H3. The van der Waals surface area contributed by atoms with Gasteiger partial charge < -0.3 is 10.6 Å². The van der Waals surface area contributed by atoms with Gasteiger partial charge in [-0.2, -0.15) is 0 Å². The number of hydrogen-bond acceptors (Lipinski definition) is 3. The van der Waals surface area contributed by atoms with Crippen LogP contribution in [0.25, 0.3) is 0 Å². The van der Waals surface area contributed by atoms with E-state index < -0.39 is 0 Å². The Hall–Kier alpha value is -0.380. The van der Waals surface area contributed by atoms with E-state index >= 15 is 0 Å². The molecule has 1 atom stereocenters. The molecule has 2 N–H and O–H groups in total. The molecule has 0 bridgehead atoms. The molecule has 0 aliphatic carbocycles. The average molecular weight is 196 g/mol. The summed E-state index contributed by atoms with van der Waals surface area (Å²) in [5.74, 6) is 0. The molecule has 3 heteroatoms. The summed E-state index contributed by atoms with van der Waals surface area (Å²) < 4.78 is 0. The van der Waals surface area contributed by atoms with Crippen molar-refractivity contribution in [2.75, 3.05) is 26.7 Å². The molecule has 0 aromatic carbocycles. The predicted octanol–water partition coefficient (Wildman–Crippen LogP) is 1.28. The van der Waals surface area contributed by atoms with Crippen molar-refractivity contribution in [3.8, 4) is 0 Å². The zero-order valence-corrected chi connectivity index (χ0v) is 8.81. The molecule has 2 rings (SSSR count). The lowest BCUT2D eigenvalue weighted by molar-refractivity contribution is 0.374. The number of likely N-dealkylation sites (tertiary alicyclic amines) is 1. The van der Waals surface area contributed by atoms with Crippen LogP contribution in [0, 0.1) is 0 Å². The fourth-order valence-corrected chi connectivity index (χ4v) is 3.09. The van der Waals surface area contributed by atoms with Crippen LogP contribution in [-0.2, 0) is 5.41 Å². The maximum atomic E-state index is 5.90. The molecule has 1 fully saturated rings. The van der Waals surface area contributed by atoms with E-state index in [1.54, 1.807) is 0 Å². The van der Waals surface area contributed by atoms with Crippen molar-refractivity contribution in [1.82, 2.24) is 4.90 Å². The molecular weight excluding hydrogens is 180 g/mol. The van der Waals surface area contributed by atoms with Crippen LogP contribution >= 0.6 is 11.3 Å². The van der Waals surface area contributed by atoms with E-state index in [4.69, 9.17) is 5.73 Å². The molecule has 0 radical (unpaired) electrons. The molecule has 13 heavy (non-hydrogen) atoms. The quantitative estimate of drug-likeness (QED) is 0.772. The van der Waals surface area contributed by atoms with E-state index in [0.29, 0.717) is 0 Å². The van der Waals surface area contributed by atoms with Gasteiger partial charge in [-0.1, -0.05) is 6.07 Å². The lowest BCUT2D eigenvalue weighted by Gasteiger charge is -2.25. The molecule has 1 aliphatic heterocycles. The minimum atomic E-state index is 0.253. The third-order valence-electron chi connectivity index (χ3n) is 2.98. The van der Waals surface area contributed by atoms with Gasteiger partial charge in [0, 0.05) is 23.4 Å². The van der Waals surface area contributed by atoms with Gasteiger partial charge in [0.25, 0.3) is 0 Å². The first-order valence-corrected chi connectivity index (χ1v) is 5.57. The molecule has 72 valence electrons. The monoisotopic (exact) mass is 196 g/mol. The molecule has 1 aromatic rings. The fraction of sp³-hybridized carbons (Fsp3) is 0.600. The summed E-state index contributed by atoms with van der Waals surface area (Å²) in [5.41, 5.74) is 6.16. The lowest BCUT2D eigenvalue weighted by Crippen LogP contribution is -2.36. The van der Waals surface area contributed by atoms with Crippen molar-refractivity contribution in [2.45, 2.75) is 11.8 Å². The van der Waals surface area contributed by atoms with Crippen LogP contribution in [0.1, 0.15) is 11.3 Å². The van der Waals surface area contributed by atoms with E-state index in [1.807, 2.05) is 11.3 Å². The Morgan fingerprint density at radius 1 is 1.69 bits per heavy atom. The summed E-state index contributed by atoms with van der Waals surface area (Å²) in [6, 6.07) is 4.34. The average Bonchev–Trinajstić information content (AvgIpc) is 2.73. The minimum absolute atomic E-state index is 0.253. The molecule has 2 heterocycles. The van der Waals surface area contributed by atoms with Gasteiger partial charge in [0.2, 0.25) is 0 Å². The highest BCUT2D eigenvalue weighted by atomic mass is 32.1. The molecule has 1 unspecified atom stereocenters. The van der Waals surface area contributed by atoms with E-state index in [2.05, 4.69) is 29.5 Å². The summed E-state index contributed by atoms with van der Waals surface area (Å²) in [6.45, 7) is 3.07. The van der Waals surface area contributed by atoms with Gasteiger partial charge in [0.15, 0.2) is 0 Å². The number of rotatable bonds is 2. The first-order valence-electron chi connectivity index (χ1n) is 4.69. The molecule has 0 saturated carbocycles. The van der Waals surface area contributed by atoms with Crippen molar-refractivity contribution in [1.29, 1.82) is 0 Å². The van der Waals surface area contributed by atoms with Crippen LogP contribution in [0.4, 0.5) is 0 Å². The van der Waals surface area contributed by atoms with Crippen LogP contribution in [-0.4, -0.2) is 31.6 Å². The molecule has 1 aromatic heterocycles. The van der Waals surface area contributed by atoms with E-state index in [1.165, 1.54) is 17.8 Å². The van der Waals surface area contributed by atoms with Crippen LogP contribution in [0.2, 0.25) is 0 Å². The maximum Gasteiger partial charge on any atom is 0.0308 e. The van der Waals surface area contributed by atoms with Crippen LogP contribution in [0.5, 0.6) is 0 Å². The van der Waals surface area contributed by atoms with Gasteiger partial charge in [-0.25, -0.2) is 0 Å². The zero-order valence-electron chi connectivity index (χ0n) is 7.99. The van der Waals surface area contributed by atoms with Crippen molar-refractivity contribution in [3.63, 3.8) is 0 Å². The van der Waals surface area contributed by atoms with Crippen molar-refractivity contribution in [2.24, 2.45) is 5.73 Å². The highest BCUT2D eigenvalue weighted by Gasteiger charge is 2.37. The topological polar surface area (TPSA) is 29.3 Å². The van der Waals surface area contributed by atoms with Gasteiger partial charge in [-0.15, -0.1) is 11.3 Å². The number of nitrogens with two attached hydrogens (primary N) is 1. The van der Waals surface area contributed by atoms with Gasteiger partial charge in [0.05, 0.1) is 0 Å². The van der Waals surface area contributed by atoms with Crippen LogP contribution in [0.15, 0.2) is 17.5 Å². The molecule has 1 saturated heterocycles. The molecule has 2 nitrogen and oxygen atoms in total. The predicted molar refractivity (Wildman–Crippen MR) is 57.2 cm³/mol. The largest absolute Gasteiger partial charge is 0.330 e. The minimum Gasteiger partial charge on any atom is -0.330 e. The van der Waals surface area contributed by atoms with Gasteiger partial charge in [-0.05, 0) is 31.5 Å². The third kappa shape index (κ3) is 1.52. The maximum absolute atomic E-state index is 5.90. The van der Waals surface area contributed by atoms with Gasteiger partial charge >= 0.3 is 0 Å². The van der Waals surface area contributed by atoms with Crippen molar-refractivity contribution < 1.29 is 0 Å². The Morgan fingerprint density at radius 2 is 2.54 bits per heavy atom. The summed E-state index contributed by atoms with van der Waals surface area (Å²) >= 11 is 1.84. The second-order valence-corrected chi connectivity index (χ2v) is 4.90. The van der Waals surface area contributed by atoms with Crippen LogP contribution < -0.4 is 5.73 Å². The normalized spacial score (nSPS) is 29.7. The number of thiophene rings is 1. The Morgan fingerprint density at radius 3 is 3.00 bits per heavy atom. The number of hydrogen-bond donors (Lipinski definition) is 1. The Labute approximate surface area is 83.4 Å². The zero-order chi connectivity index (χ0) is 9.31. The van der Waals surface area contributed by atoms with E-state index in [-0.39, 0.29) is 5.41 Å². The second-order valence-electron chi connectivity index (χ2n) is 3.95.